The Morgan fingerprint density at radius 1 is 0.704 bits per heavy atom. The maximum Gasteiger partial charge on any atom is 0.343 e. The molecule has 0 bridgehead atoms. The lowest BCUT2D eigenvalue weighted by Gasteiger charge is -2.12. The molecule has 5 heteroatoms. The second-order valence-corrected chi connectivity index (χ2v) is 6.04. The van der Waals surface area contributed by atoms with E-state index >= 15 is 0 Å². The van der Waals surface area contributed by atoms with Gasteiger partial charge in [0.2, 0.25) is 0 Å². The number of aryl methyl sites for hydroxylation is 2. The number of hydrogen-bond donors (Lipinski definition) is 1. The average Bonchev–Trinajstić information content (AvgIpc) is 2.64. The van der Waals surface area contributed by atoms with Crippen molar-refractivity contribution < 1.29 is 24.2 Å². The van der Waals surface area contributed by atoms with Gasteiger partial charge in [0.1, 0.15) is 5.75 Å². The highest BCUT2D eigenvalue weighted by Crippen LogP contribution is 2.32. The first-order valence-corrected chi connectivity index (χ1v) is 8.34. The number of ether oxygens (including phenoxy) is 2. The molecule has 0 aliphatic rings. The molecule has 0 heterocycles. The number of carbonyl (C=O) groups excluding carboxylic acids is 2. The van der Waals surface area contributed by atoms with Crippen molar-refractivity contribution in [3.8, 4) is 17.2 Å². The molecule has 27 heavy (non-hydrogen) atoms. The minimum atomic E-state index is -0.605. The smallest absolute Gasteiger partial charge is 0.343 e. The van der Waals surface area contributed by atoms with E-state index in [9.17, 15) is 14.7 Å². The first kappa shape index (κ1) is 18.2. The van der Waals surface area contributed by atoms with Gasteiger partial charge in [-0.05, 0) is 49.2 Å². The molecular weight excluding hydrogens is 344 g/mol. The third-order valence-corrected chi connectivity index (χ3v) is 4.06. The molecule has 0 atom stereocenters. The van der Waals surface area contributed by atoms with Gasteiger partial charge in [-0.2, -0.15) is 0 Å². The SMILES string of the molecule is Cc1ccccc1C(=O)Oc1ccc(O)cc1OC(=O)c1ccccc1C. The third-order valence-electron chi connectivity index (χ3n) is 4.06. The summed E-state index contributed by atoms with van der Waals surface area (Å²) in [5.74, 6) is -1.29. The Morgan fingerprint density at radius 3 is 1.70 bits per heavy atom. The summed E-state index contributed by atoms with van der Waals surface area (Å²) in [6, 6.07) is 17.9. The zero-order valence-corrected chi connectivity index (χ0v) is 14.9. The number of rotatable bonds is 4. The van der Waals surface area contributed by atoms with E-state index in [1.807, 2.05) is 12.1 Å². The zero-order chi connectivity index (χ0) is 19.4. The van der Waals surface area contributed by atoms with E-state index in [2.05, 4.69) is 0 Å². The summed E-state index contributed by atoms with van der Waals surface area (Å²) >= 11 is 0. The highest BCUT2D eigenvalue weighted by atomic mass is 16.6. The van der Waals surface area contributed by atoms with Crippen LogP contribution in [-0.4, -0.2) is 17.0 Å². The van der Waals surface area contributed by atoms with Crippen LogP contribution in [0.4, 0.5) is 0 Å². The van der Waals surface area contributed by atoms with E-state index in [4.69, 9.17) is 9.47 Å². The van der Waals surface area contributed by atoms with Gasteiger partial charge in [-0.3, -0.25) is 0 Å². The topological polar surface area (TPSA) is 72.8 Å². The summed E-state index contributed by atoms with van der Waals surface area (Å²) in [6.45, 7) is 3.59. The fourth-order valence-corrected chi connectivity index (χ4v) is 2.57. The number of phenols is 1. The van der Waals surface area contributed by atoms with Crippen molar-refractivity contribution in [3.63, 3.8) is 0 Å². The van der Waals surface area contributed by atoms with Crippen LogP contribution >= 0.6 is 0 Å². The van der Waals surface area contributed by atoms with Crippen LogP contribution in [0.25, 0.3) is 0 Å². The Labute approximate surface area is 156 Å². The molecule has 0 spiro atoms. The second-order valence-electron chi connectivity index (χ2n) is 6.04. The van der Waals surface area contributed by atoms with Crippen molar-refractivity contribution in [2.75, 3.05) is 0 Å². The summed E-state index contributed by atoms with van der Waals surface area (Å²) < 4.78 is 10.8. The van der Waals surface area contributed by atoms with Crippen molar-refractivity contribution in [2.45, 2.75) is 13.8 Å². The van der Waals surface area contributed by atoms with Crippen molar-refractivity contribution in [1.29, 1.82) is 0 Å². The number of carbonyl (C=O) groups is 2. The van der Waals surface area contributed by atoms with Crippen LogP contribution in [0, 0.1) is 13.8 Å². The summed E-state index contributed by atoms with van der Waals surface area (Å²) in [7, 11) is 0. The lowest BCUT2D eigenvalue weighted by molar-refractivity contribution is 0.0681. The first-order chi connectivity index (χ1) is 13.0. The number of hydrogen-bond acceptors (Lipinski definition) is 5. The third kappa shape index (κ3) is 4.15. The maximum atomic E-state index is 12.5. The van der Waals surface area contributed by atoms with Crippen LogP contribution in [0.1, 0.15) is 31.8 Å². The predicted octanol–water partition coefficient (Wildman–Crippen LogP) is 4.45. The fraction of sp³-hybridized carbons (Fsp3) is 0.0909. The Bertz CT molecular complexity index is 1010. The predicted molar refractivity (Wildman–Crippen MR) is 100 cm³/mol. The summed E-state index contributed by atoms with van der Waals surface area (Å²) in [6.07, 6.45) is 0. The molecule has 1 N–H and O–H groups in total. The Balaban J connectivity index is 1.87. The molecule has 0 unspecified atom stereocenters. The molecule has 0 saturated heterocycles. The number of aromatic hydroxyl groups is 1. The molecule has 3 rings (SSSR count). The first-order valence-electron chi connectivity index (χ1n) is 8.34. The molecule has 0 saturated carbocycles. The van der Waals surface area contributed by atoms with Crippen LogP contribution in [0.3, 0.4) is 0 Å². The van der Waals surface area contributed by atoms with Gasteiger partial charge in [-0.1, -0.05) is 36.4 Å². The lowest BCUT2D eigenvalue weighted by atomic mass is 10.1. The molecule has 0 aliphatic carbocycles. The summed E-state index contributed by atoms with van der Waals surface area (Å²) in [5, 5.41) is 9.74. The van der Waals surface area contributed by atoms with Crippen molar-refractivity contribution in [2.24, 2.45) is 0 Å². The summed E-state index contributed by atoms with van der Waals surface area (Å²) in [4.78, 5) is 24.9. The zero-order valence-electron chi connectivity index (χ0n) is 14.9. The second kappa shape index (κ2) is 7.74. The van der Waals surface area contributed by atoms with Gasteiger partial charge in [-0.15, -0.1) is 0 Å². The van der Waals surface area contributed by atoms with Gasteiger partial charge < -0.3 is 14.6 Å². The molecule has 0 aliphatic heterocycles. The fourth-order valence-electron chi connectivity index (χ4n) is 2.57. The molecule has 0 radical (unpaired) electrons. The summed E-state index contributed by atoms with van der Waals surface area (Å²) in [5.41, 5.74) is 2.31. The maximum absolute atomic E-state index is 12.5. The largest absolute Gasteiger partial charge is 0.508 e. The standard InChI is InChI=1S/C22H18O5/c1-14-7-3-5-9-17(14)21(24)26-19-12-11-16(23)13-20(19)27-22(25)18-10-6-4-8-15(18)2/h3-13,23H,1-2H3. The normalized spacial score (nSPS) is 10.3. The lowest BCUT2D eigenvalue weighted by Crippen LogP contribution is -2.14. The molecule has 136 valence electrons. The van der Waals surface area contributed by atoms with E-state index in [-0.39, 0.29) is 17.2 Å². The van der Waals surface area contributed by atoms with E-state index in [1.165, 1.54) is 18.2 Å². The minimum absolute atomic E-state index is 0.0369. The van der Waals surface area contributed by atoms with Gasteiger partial charge in [-0.25, -0.2) is 9.59 Å². The van der Waals surface area contributed by atoms with Crippen molar-refractivity contribution >= 4 is 11.9 Å². The van der Waals surface area contributed by atoms with Crippen LogP contribution < -0.4 is 9.47 Å². The van der Waals surface area contributed by atoms with Crippen LogP contribution in [0.5, 0.6) is 17.2 Å². The van der Waals surface area contributed by atoms with Crippen LogP contribution in [-0.2, 0) is 0 Å². The van der Waals surface area contributed by atoms with E-state index in [1.54, 1.807) is 50.2 Å². The highest BCUT2D eigenvalue weighted by Gasteiger charge is 2.18. The average molecular weight is 362 g/mol. The van der Waals surface area contributed by atoms with Gasteiger partial charge in [0.05, 0.1) is 11.1 Å². The Hall–Kier alpha value is -3.60. The van der Waals surface area contributed by atoms with E-state index < -0.39 is 11.9 Å². The van der Waals surface area contributed by atoms with Crippen molar-refractivity contribution in [3.05, 3.63) is 89.0 Å². The Morgan fingerprint density at radius 2 is 1.19 bits per heavy atom. The number of esters is 2. The van der Waals surface area contributed by atoms with Crippen LogP contribution in [0.2, 0.25) is 0 Å². The molecular formula is C22H18O5. The molecule has 0 amide bonds. The van der Waals surface area contributed by atoms with Gasteiger partial charge in [0, 0.05) is 6.07 Å². The van der Waals surface area contributed by atoms with E-state index in [0.29, 0.717) is 11.1 Å². The number of benzene rings is 3. The molecule has 0 fully saturated rings. The molecule has 5 nitrogen and oxygen atoms in total. The quantitative estimate of drug-likeness (QED) is 0.548. The number of phenolic OH excluding ortho intramolecular Hbond substituents is 1. The molecule has 3 aromatic carbocycles. The van der Waals surface area contributed by atoms with E-state index in [0.717, 1.165) is 11.1 Å². The molecule has 3 aromatic rings. The van der Waals surface area contributed by atoms with Gasteiger partial charge >= 0.3 is 11.9 Å². The van der Waals surface area contributed by atoms with Crippen LogP contribution in [0.15, 0.2) is 66.7 Å². The monoisotopic (exact) mass is 362 g/mol. The Kier molecular flexibility index (Phi) is 5.22. The van der Waals surface area contributed by atoms with Gasteiger partial charge in [0.25, 0.3) is 0 Å². The molecule has 0 aromatic heterocycles. The van der Waals surface area contributed by atoms with Crippen molar-refractivity contribution in [1.82, 2.24) is 0 Å². The van der Waals surface area contributed by atoms with Gasteiger partial charge in [0.15, 0.2) is 11.5 Å². The minimum Gasteiger partial charge on any atom is -0.508 e. The highest BCUT2D eigenvalue weighted by molar-refractivity contribution is 5.94.